The van der Waals surface area contributed by atoms with Crippen LogP contribution in [0.15, 0.2) is 41.3 Å². The number of likely N-dealkylation sites (tertiary alicyclic amines) is 1. The zero-order valence-electron chi connectivity index (χ0n) is 14.4. The second kappa shape index (κ2) is 7.31. The molecule has 3 heterocycles. The molecule has 1 aromatic carbocycles. The molecule has 1 aromatic heterocycles. The lowest BCUT2D eigenvalue weighted by molar-refractivity contribution is 0.171. The van der Waals surface area contributed by atoms with Gasteiger partial charge in [-0.1, -0.05) is 12.1 Å². The smallest absolute Gasteiger partial charge is 0.252 e. The van der Waals surface area contributed by atoms with Crippen molar-refractivity contribution in [3.63, 3.8) is 0 Å². The highest BCUT2D eigenvalue weighted by Gasteiger charge is 2.20. The molecule has 1 saturated heterocycles. The summed E-state index contributed by atoms with van der Waals surface area (Å²) in [5.41, 5.74) is 2.22. The minimum absolute atomic E-state index is 0.0347. The Morgan fingerprint density at radius 1 is 1.12 bits per heavy atom. The molecule has 0 atom stereocenters. The number of ether oxygens (including phenoxy) is 2. The molecule has 25 heavy (non-hydrogen) atoms. The van der Waals surface area contributed by atoms with Gasteiger partial charge < -0.3 is 14.5 Å². The van der Waals surface area contributed by atoms with Gasteiger partial charge >= 0.3 is 0 Å². The van der Waals surface area contributed by atoms with Crippen LogP contribution in [0.3, 0.4) is 0 Å². The van der Waals surface area contributed by atoms with E-state index in [0.29, 0.717) is 6.79 Å². The minimum Gasteiger partial charge on any atom is -0.454 e. The minimum atomic E-state index is 0.0347. The first-order valence-corrected chi connectivity index (χ1v) is 9.05. The van der Waals surface area contributed by atoms with Crippen molar-refractivity contribution in [2.24, 2.45) is 5.92 Å². The topological polar surface area (TPSA) is 54.6 Å². The van der Waals surface area contributed by atoms with Crippen molar-refractivity contribution in [2.75, 3.05) is 19.9 Å². The van der Waals surface area contributed by atoms with Crippen molar-refractivity contribution in [3.05, 3.63) is 58.0 Å². The molecule has 5 heteroatoms. The fraction of sp³-hybridized carbons (Fsp3) is 0.450. The van der Waals surface area contributed by atoms with E-state index in [1.165, 1.54) is 24.8 Å². The van der Waals surface area contributed by atoms with Crippen LogP contribution >= 0.6 is 0 Å². The Kier molecular flexibility index (Phi) is 4.74. The quantitative estimate of drug-likeness (QED) is 0.909. The van der Waals surface area contributed by atoms with Crippen molar-refractivity contribution >= 4 is 0 Å². The molecule has 2 aromatic rings. The molecule has 0 spiro atoms. The first kappa shape index (κ1) is 16.2. The van der Waals surface area contributed by atoms with Gasteiger partial charge in [0.05, 0.1) is 0 Å². The molecule has 1 N–H and O–H groups in total. The van der Waals surface area contributed by atoms with E-state index >= 15 is 0 Å². The van der Waals surface area contributed by atoms with E-state index < -0.39 is 0 Å². The number of H-pyrrole nitrogens is 1. The SMILES string of the molecule is O=c1[nH]cccc1CN1CCC(CCc2ccc3c(c2)OCO3)CC1. The largest absolute Gasteiger partial charge is 0.454 e. The first-order chi connectivity index (χ1) is 12.3. The van der Waals surface area contributed by atoms with Crippen LogP contribution in [-0.4, -0.2) is 29.8 Å². The van der Waals surface area contributed by atoms with Gasteiger partial charge in [0.1, 0.15) is 0 Å². The highest BCUT2D eigenvalue weighted by Crippen LogP contribution is 2.33. The number of aryl methyl sites for hydroxylation is 1. The number of aromatic amines is 1. The second-order valence-corrected chi connectivity index (χ2v) is 6.97. The molecule has 2 aliphatic rings. The van der Waals surface area contributed by atoms with Crippen LogP contribution in [0.25, 0.3) is 0 Å². The maximum atomic E-state index is 11.8. The number of nitrogens with zero attached hydrogens (tertiary/aromatic N) is 1. The van der Waals surface area contributed by atoms with Gasteiger partial charge in [-0.25, -0.2) is 0 Å². The summed E-state index contributed by atoms with van der Waals surface area (Å²) in [6.07, 6.45) is 6.39. The number of hydrogen-bond donors (Lipinski definition) is 1. The molecule has 1 fully saturated rings. The maximum Gasteiger partial charge on any atom is 0.252 e. The normalized spacial score (nSPS) is 17.8. The summed E-state index contributed by atoms with van der Waals surface area (Å²) < 4.78 is 10.8. The lowest BCUT2D eigenvalue weighted by Gasteiger charge is -2.31. The van der Waals surface area contributed by atoms with Crippen LogP contribution in [0.5, 0.6) is 11.5 Å². The van der Waals surface area contributed by atoms with Crippen LogP contribution in [0.4, 0.5) is 0 Å². The third-order valence-corrected chi connectivity index (χ3v) is 5.28. The van der Waals surface area contributed by atoms with E-state index in [1.807, 2.05) is 18.2 Å². The molecule has 2 aliphatic heterocycles. The van der Waals surface area contributed by atoms with Gasteiger partial charge in [-0.3, -0.25) is 9.69 Å². The number of aromatic nitrogens is 1. The lowest BCUT2D eigenvalue weighted by Crippen LogP contribution is -2.34. The maximum absolute atomic E-state index is 11.8. The van der Waals surface area contributed by atoms with Gasteiger partial charge in [-0.2, -0.15) is 0 Å². The van der Waals surface area contributed by atoms with E-state index in [0.717, 1.165) is 49.0 Å². The number of rotatable bonds is 5. The fourth-order valence-electron chi connectivity index (χ4n) is 3.72. The third kappa shape index (κ3) is 3.87. The third-order valence-electron chi connectivity index (χ3n) is 5.28. The van der Waals surface area contributed by atoms with Gasteiger partial charge in [0, 0.05) is 18.3 Å². The predicted molar refractivity (Wildman–Crippen MR) is 95.9 cm³/mol. The second-order valence-electron chi connectivity index (χ2n) is 6.97. The number of pyridine rings is 1. The van der Waals surface area contributed by atoms with Crippen LogP contribution < -0.4 is 15.0 Å². The zero-order valence-corrected chi connectivity index (χ0v) is 14.4. The number of benzene rings is 1. The Labute approximate surface area is 147 Å². The summed E-state index contributed by atoms with van der Waals surface area (Å²) in [5.74, 6) is 2.49. The molecule has 0 saturated carbocycles. The van der Waals surface area contributed by atoms with Crippen LogP contribution in [-0.2, 0) is 13.0 Å². The number of nitrogens with one attached hydrogen (secondary N) is 1. The average Bonchev–Trinajstić information content (AvgIpc) is 3.11. The van der Waals surface area contributed by atoms with Gasteiger partial charge in [0.2, 0.25) is 6.79 Å². The molecular weight excluding hydrogens is 316 g/mol. The van der Waals surface area contributed by atoms with Crippen LogP contribution in [0.2, 0.25) is 0 Å². The Hall–Kier alpha value is -2.27. The van der Waals surface area contributed by atoms with E-state index in [1.54, 1.807) is 6.20 Å². The van der Waals surface area contributed by atoms with Crippen molar-refractivity contribution in [3.8, 4) is 11.5 Å². The van der Waals surface area contributed by atoms with Crippen molar-refractivity contribution in [2.45, 2.75) is 32.2 Å². The fourth-order valence-corrected chi connectivity index (χ4v) is 3.72. The summed E-state index contributed by atoms with van der Waals surface area (Å²) in [4.78, 5) is 16.9. The van der Waals surface area contributed by atoms with Crippen LogP contribution in [0, 0.1) is 5.92 Å². The number of piperidine rings is 1. The number of hydrogen-bond acceptors (Lipinski definition) is 4. The summed E-state index contributed by atoms with van der Waals surface area (Å²) in [5, 5.41) is 0. The monoisotopic (exact) mass is 340 g/mol. The van der Waals surface area contributed by atoms with Gasteiger partial charge in [0.15, 0.2) is 11.5 Å². The highest BCUT2D eigenvalue weighted by atomic mass is 16.7. The van der Waals surface area contributed by atoms with E-state index in [-0.39, 0.29) is 5.56 Å². The molecule has 5 nitrogen and oxygen atoms in total. The van der Waals surface area contributed by atoms with E-state index in [4.69, 9.17) is 9.47 Å². The van der Waals surface area contributed by atoms with Crippen molar-refractivity contribution in [1.82, 2.24) is 9.88 Å². The average molecular weight is 340 g/mol. The molecule has 4 rings (SSSR count). The van der Waals surface area contributed by atoms with Crippen molar-refractivity contribution < 1.29 is 9.47 Å². The summed E-state index contributed by atoms with van der Waals surface area (Å²) in [6.45, 7) is 3.23. The highest BCUT2D eigenvalue weighted by molar-refractivity contribution is 5.44. The molecule has 132 valence electrons. The zero-order chi connectivity index (χ0) is 17.1. The molecule has 0 unspecified atom stereocenters. The summed E-state index contributed by atoms with van der Waals surface area (Å²) in [6, 6.07) is 10.1. The van der Waals surface area contributed by atoms with Gasteiger partial charge in [0.25, 0.3) is 5.56 Å². The standard InChI is InChI=1S/C20H24N2O3/c23-20-17(2-1-9-21-20)13-22-10-7-15(8-11-22)3-4-16-5-6-18-19(12-16)25-14-24-18/h1-2,5-6,9,12,15H,3-4,7-8,10-11,13-14H2,(H,21,23). The summed E-state index contributed by atoms with van der Waals surface area (Å²) in [7, 11) is 0. The van der Waals surface area contributed by atoms with E-state index in [2.05, 4.69) is 22.0 Å². The Balaban J connectivity index is 1.25. The molecule has 0 radical (unpaired) electrons. The Morgan fingerprint density at radius 2 is 1.96 bits per heavy atom. The molecular formula is C20H24N2O3. The lowest BCUT2D eigenvalue weighted by atomic mass is 9.90. The molecule has 0 aliphatic carbocycles. The molecule has 0 bridgehead atoms. The van der Waals surface area contributed by atoms with Crippen molar-refractivity contribution in [1.29, 1.82) is 0 Å². The Bertz CT molecular complexity index is 779. The van der Waals surface area contributed by atoms with Crippen LogP contribution in [0.1, 0.15) is 30.4 Å². The Morgan fingerprint density at radius 3 is 2.80 bits per heavy atom. The first-order valence-electron chi connectivity index (χ1n) is 9.05. The number of fused-ring (bicyclic) bond motifs is 1. The van der Waals surface area contributed by atoms with E-state index in [9.17, 15) is 4.79 Å². The predicted octanol–water partition coefficient (Wildman–Crippen LogP) is 2.95. The summed E-state index contributed by atoms with van der Waals surface area (Å²) >= 11 is 0. The van der Waals surface area contributed by atoms with Gasteiger partial charge in [-0.15, -0.1) is 0 Å². The van der Waals surface area contributed by atoms with Gasteiger partial charge in [-0.05, 0) is 68.5 Å². The molecule has 0 amide bonds.